The summed E-state index contributed by atoms with van der Waals surface area (Å²) in [7, 11) is -3.03. The molecule has 1 saturated heterocycles. The molecule has 1 saturated carbocycles. The van der Waals surface area contributed by atoms with E-state index in [1.807, 2.05) is 0 Å². The number of aliphatic hydroxyl groups is 1. The monoisotopic (exact) mass is 289 g/mol. The molecule has 19 heavy (non-hydrogen) atoms. The van der Waals surface area contributed by atoms with Crippen LogP contribution in [-0.4, -0.2) is 37.2 Å². The van der Waals surface area contributed by atoms with E-state index in [9.17, 15) is 13.5 Å². The zero-order valence-corrected chi connectivity index (χ0v) is 12.9. The smallest absolute Gasteiger partial charge is 0.151 e. The van der Waals surface area contributed by atoms with Gasteiger partial charge in [-0.2, -0.15) is 0 Å². The summed E-state index contributed by atoms with van der Waals surface area (Å²) in [6.07, 6.45) is 4.03. The second-order valence-electron chi connectivity index (χ2n) is 6.96. The van der Waals surface area contributed by atoms with Crippen LogP contribution >= 0.6 is 0 Å². The van der Waals surface area contributed by atoms with Crippen molar-refractivity contribution < 1.29 is 13.5 Å². The lowest BCUT2D eigenvalue weighted by molar-refractivity contribution is -0.112. The number of rotatable bonds is 3. The Balaban J connectivity index is 2.27. The fourth-order valence-electron chi connectivity index (χ4n) is 3.98. The third-order valence-corrected chi connectivity index (χ3v) is 7.29. The third-order valence-electron chi connectivity index (χ3n) is 5.47. The van der Waals surface area contributed by atoms with Crippen LogP contribution in [0.15, 0.2) is 0 Å². The topological polar surface area (TPSA) is 80.4 Å². The van der Waals surface area contributed by atoms with Crippen molar-refractivity contribution in [1.29, 1.82) is 0 Å². The molecule has 1 heterocycles. The van der Waals surface area contributed by atoms with Gasteiger partial charge in [0.25, 0.3) is 0 Å². The normalized spacial score (nSPS) is 42.7. The molecule has 2 rings (SSSR count). The van der Waals surface area contributed by atoms with Gasteiger partial charge in [-0.15, -0.1) is 0 Å². The molecule has 1 aliphatic heterocycles. The first-order valence-corrected chi connectivity index (χ1v) is 9.19. The van der Waals surface area contributed by atoms with Crippen LogP contribution in [0.2, 0.25) is 0 Å². The van der Waals surface area contributed by atoms with Crippen molar-refractivity contribution in [3.05, 3.63) is 0 Å². The van der Waals surface area contributed by atoms with Crippen LogP contribution in [0.5, 0.6) is 0 Å². The average Bonchev–Trinajstić information content (AvgIpc) is 2.67. The number of sulfone groups is 1. The molecule has 5 heteroatoms. The van der Waals surface area contributed by atoms with E-state index in [1.54, 1.807) is 0 Å². The Morgan fingerprint density at radius 2 is 2.05 bits per heavy atom. The van der Waals surface area contributed by atoms with Gasteiger partial charge in [-0.05, 0) is 37.5 Å². The molecule has 0 amide bonds. The largest absolute Gasteiger partial charge is 0.389 e. The molecule has 0 aromatic rings. The van der Waals surface area contributed by atoms with Crippen LogP contribution in [-0.2, 0) is 9.84 Å². The summed E-state index contributed by atoms with van der Waals surface area (Å²) in [6, 6.07) is 0. The van der Waals surface area contributed by atoms with Crippen molar-refractivity contribution in [2.75, 3.05) is 18.1 Å². The molecular formula is C14H27NO3S. The fourth-order valence-corrected chi connectivity index (χ4v) is 6.20. The number of hydrogen-bond acceptors (Lipinski definition) is 4. The lowest BCUT2D eigenvalue weighted by atomic mass is 9.61. The summed E-state index contributed by atoms with van der Waals surface area (Å²) < 4.78 is 23.7. The molecule has 3 N–H and O–H groups in total. The summed E-state index contributed by atoms with van der Waals surface area (Å²) in [5.41, 5.74) is 4.40. The van der Waals surface area contributed by atoms with Gasteiger partial charge in [-0.1, -0.05) is 20.3 Å². The molecule has 0 aromatic heterocycles. The zero-order valence-electron chi connectivity index (χ0n) is 12.1. The van der Waals surface area contributed by atoms with Gasteiger partial charge in [-0.3, -0.25) is 0 Å². The molecular weight excluding hydrogens is 262 g/mol. The van der Waals surface area contributed by atoms with Crippen LogP contribution in [0.3, 0.4) is 0 Å². The maximum atomic E-state index is 11.8. The summed E-state index contributed by atoms with van der Waals surface area (Å²) in [5.74, 6) is 1.25. The van der Waals surface area contributed by atoms with E-state index in [1.165, 1.54) is 0 Å². The second kappa shape index (κ2) is 5.01. The predicted molar refractivity (Wildman–Crippen MR) is 76.5 cm³/mol. The molecule has 0 aromatic carbocycles. The first kappa shape index (κ1) is 15.3. The van der Waals surface area contributed by atoms with Gasteiger partial charge in [0.1, 0.15) is 0 Å². The van der Waals surface area contributed by atoms with E-state index in [-0.39, 0.29) is 18.1 Å². The Morgan fingerprint density at radius 1 is 1.37 bits per heavy atom. The van der Waals surface area contributed by atoms with Gasteiger partial charge in [-0.25, -0.2) is 8.42 Å². The van der Waals surface area contributed by atoms with E-state index < -0.39 is 20.9 Å². The third kappa shape index (κ3) is 2.69. The standard InChI is InChI=1S/C14H27NO3S/c1-11(2)12-4-3-5-14(16,8-12)13(9-15)6-7-19(17,18)10-13/h11-12,16H,3-10,15H2,1-2H3. The van der Waals surface area contributed by atoms with Crippen LogP contribution in [0, 0.1) is 17.3 Å². The molecule has 0 spiro atoms. The summed E-state index contributed by atoms with van der Waals surface area (Å²) >= 11 is 0. The first-order chi connectivity index (χ1) is 8.74. The number of hydrogen-bond donors (Lipinski definition) is 2. The van der Waals surface area contributed by atoms with Crippen molar-refractivity contribution in [3.63, 3.8) is 0 Å². The molecule has 3 unspecified atom stereocenters. The van der Waals surface area contributed by atoms with Gasteiger partial charge >= 0.3 is 0 Å². The molecule has 4 nitrogen and oxygen atoms in total. The summed E-state index contributed by atoms with van der Waals surface area (Å²) in [6.45, 7) is 4.63. The van der Waals surface area contributed by atoms with Crippen LogP contribution in [0.1, 0.15) is 46.0 Å². The zero-order chi connectivity index (χ0) is 14.3. The Bertz CT molecular complexity index is 434. The van der Waals surface area contributed by atoms with E-state index >= 15 is 0 Å². The van der Waals surface area contributed by atoms with Crippen molar-refractivity contribution in [2.24, 2.45) is 23.0 Å². The highest BCUT2D eigenvalue weighted by Gasteiger charge is 2.56. The van der Waals surface area contributed by atoms with Crippen molar-refractivity contribution in [1.82, 2.24) is 0 Å². The predicted octanol–water partition coefficient (Wildman–Crippen LogP) is 1.33. The van der Waals surface area contributed by atoms with E-state index in [0.717, 1.165) is 12.8 Å². The number of nitrogens with two attached hydrogens (primary N) is 1. The quantitative estimate of drug-likeness (QED) is 0.821. The minimum Gasteiger partial charge on any atom is -0.389 e. The van der Waals surface area contributed by atoms with Crippen molar-refractivity contribution >= 4 is 9.84 Å². The van der Waals surface area contributed by atoms with E-state index in [4.69, 9.17) is 5.73 Å². The van der Waals surface area contributed by atoms with Crippen molar-refractivity contribution in [3.8, 4) is 0 Å². The maximum Gasteiger partial charge on any atom is 0.151 e. The van der Waals surface area contributed by atoms with Gasteiger partial charge in [0.05, 0.1) is 17.1 Å². The fraction of sp³-hybridized carbons (Fsp3) is 1.00. The minimum absolute atomic E-state index is 0.0673. The van der Waals surface area contributed by atoms with Crippen LogP contribution < -0.4 is 5.73 Å². The van der Waals surface area contributed by atoms with Crippen LogP contribution in [0.4, 0.5) is 0 Å². The van der Waals surface area contributed by atoms with Gasteiger partial charge in [0.2, 0.25) is 0 Å². The summed E-state index contributed by atoms with van der Waals surface area (Å²) in [5, 5.41) is 11.1. The second-order valence-corrected chi connectivity index (χ2v) is 9.14. The Kier molecular flexibility index (Phi) is 4.02. The highest BCUT2D eigenvalue weighted by molar-refractivity contribution is 7.91. The molecule has 2 aliphatic rings. The molecule has 3 atom stereocenters. The van der Waals surface area contributed by atoms with Crippen LogP contribution in [0.25, 0.3) is 0 Å². The summed E-state index contributed by atoms with van der Waals surface area (Å²) in [4.78, 5) is 0. The van der Waals surface area contributed by atoms with Gasteiger partial charge in [0, 0.05) is 12.0 Å². The lowest BCUT2D eigenvalue weighted by Gasteiger charge is -2.49. The van der Waals surface area contributed by atoms with E-state index in [2.05, 4.69) is 13.8 Å². The van der Waals surface area contributed by atoms with E-state index in [0.29, 0.717) is 31.1 Å². The molecule has 1 aliphatic carbocycles. The Labute approximate surface area is 116 Å². The molecule has 0 bridgehead atoms. The first-order valence-electron chi connectivity index (χ1n) is 7.36. The average molecular weight is 289 g/mol. The molecule has 2 fully saturated rings. The lowest BCUT2D eigenvalue weighted by Crippen LogP contribution is -2.56. The molecule has 0 radical (unpaired) electrons. The van der Waals surface area contributed by atoms with Crippen molar-refractivity contribution in [2.45, 2.75) is 51.6 Å². The Morgan fingerprint density at radius 3 is 2.53 bits per heavy atom. The molecule has 112 valence electrons. The minimum atomic E-state index is -3.03. The maximum absolute atomic E-state index is 11.8. The van der Waals surface area contributed by atoms with Gasteiger partial charge in [0.15, 0.2) is 9.84 Å². The highest BCUT2D eigenvalue weighted by atomic mass is 32.2. The highest BCUT2D eigenvalue weighted by Crippen LogP contribution is 2.50. The van der Waals surface area contributed by atoms with Gasteiger partial charge < -0.3 is 10.8 Å². The Hall–Kier alpha value is -0.130. The SMILES string of the molecule is CC(C)C1CCCC(O)(C2(CN)CCS(=O)(=O)C2)C1.